The molecule has 0 bridgehead atoms. The molecule has 0 radical (unpaired) electrons. The third-order valence-electron chi connectivity index (χ3n) is 4.63. The van der Waals surface area contributed by atoms with Gasteiger partial charge >= 0.3 is 0 Å². The Kier molecular flexibility index (Phi) is 4.79. The van der Waals surface area contributed by atoms with Crippen LogP contribution in [0.2, 0.25) is 0 Å². The van der Waals surface area contributed by atoms with Gasteiger partial charge in [-0.3, -0.25) is 0 Å². The van der Waals surface area contributed by atoms with Gasteiger partial charge in [-0.1, -0.05) is 32.4 Å². The van der Waals surface area contributed by atoms with Gasteiger partial charge in [0.05, 0.1) is 17.6 Å². The van der Waals surface area contributed by atoms with E-state index in [2.05, 4.69) is 18.9 Å². The van der Waals surface area contributed by atoms with Gasteiger partial charge in [0.2, 0.25) is 0 Å². The topological polar surface area (TPSA) is 58.3 Å². The molecule has 3 aromatic rings. The van der Waals surface area contributed by atoms with Crippen molar-refractivity contribution in [3.8, 4) is 28.4 Å². The first-order valence-corrected chi connectivity index (χ1v) is 8.66. The Balaban J connectivity index is 2.09. The average molecular weight is 336 g/mol. The number of hydrogen-bond acceptors (Lipinski definition) is 3. The van der Waals surface area contributed by atoms with E-state index in [1.807, 2.05) is 48.0 Å². The number of phenols is 2. The van der Waals surface area contributed by atoms with E-state index in [0.29, 0.717) is 11.5 Å². The number of aryl methyl sites for hydroxylation is 1. The van der Waals surface area contributed by atoms with Crippen molar-refractivity contribution in [3.05, 3.63) is 59.8 Å². The Hall–Kier alpha value is -2.75. The molecule has 1 heterocycles. The van der Waals surface area contributed by atoms with Crippen molar-refractivity contribution in [2.75, 3.05) is 0 Å². The molecule has 4 heteroatoms. The smallest absolute Gasteiger partial charge is 0.128 e. The average Bonchev–Trinajstić information content (AvgIpc) is 3.06. The first kappa shape index (κ1) is 17.1. The molecule has 2 aromatic carbocycles. The van der Waals surface area contributed by atoms with E-state index in [1.54, 1.807) is 6.20 Å². The van der Waals surface area contributed by atoms with Crippen molar-refractivity contribution in [3.63, 3.8) is 0 Å². The van der Waals surface area contributed by atoms with Crippen LogP contribution in [-0.2, 0) is 6.42 Å². The summed E-state index contributed by atoms with van der Waals surface area (Å²) in [7, 11) is 0. The highest BCUT2D eigenvalue weighted by atomic mass is 16.3. The molecule has 1 atom stereocenters. The lowest BCUT2D eigenvalue weighted by molar-refractivity contribution is 0.440. The summed E-state index contributed by atoms with van der Waals surface area (Å²) in [4.78, 5) is 0. The van der Waals surface area contributed by atoms with Gasteiger partial charge in [0.25, 0.3) is 0 Å². The lowest BCUT2D eigenvalue weighted by Gasteiger charge is -2.14. The highest BCUT2D eigenvalue weighted by Crippen LogP contribution is 2.36. The Morgan fingerprint density at radius 2 is 1.88 bits per heavy atom. The molecule has 0 aliphatic heterocycles. The second-order valence-electron chi connectivity index (χ2n) is 6.68. The van der Waals surface area contributed by atoms with Crippen LogP contribution in [0.5, 0.6) is 11.5 Å². The normalized spacial score (nSPS) is 12.3. The van der Waals surface area contributed by atoms with Crippen molar-refractivity contribution in [1.82, 2.24) is 9.78 Å². The summed E-state index contributed by atoms with van der Waals surface area (Å²) in [5.74, 6) is 0.660. The van der Waals surface area contributed by atoms with Gasteiger partial charge in [-0.15, -0.1) is 0 Å². The molecule has 130 valence electrons. The summed E-state index contributed by atoms with van der Waals surface area (Å²) in [6.07, 6.45) is 3.53. The maximum absolute atomic E-state index is 10.4. The minimum atomic E-state index is 0.0554. The molecule has 0 saturated carbocycles. The quantitative estimate of drug-likeness (QED) is 0.700. The van der Waals surface area contributed by atoms with Crippen molar-refractivity contribution < 1.29 is 10.2 Å². The summed E-state index contributed by atoms with van der Waals surface area (Å²) in [5.41, 5.74) is 4.41. The Labute approximate surface area is 148 Å². The van der Waals surface area contributed by atoms with E-state index in [0.717, 1.165) is 35.3 Å². The highest BCUT2D eigenvalue weighted by molar-refractivity contribution is 5.71. The number of rotatable bonds is 5. The molecule has 1 aromatic heterocycles. The molecular weight excluding hydrogens is 312 g/mol. The standard InChI is InChI=1S/C21H24N2O2/c1-4-14(2)10-16-12-18(21(25)13-20(16)24)19-8-9-22-23(19)17-7-5-6-15(3)11-17/h5-9,11-14,24-25H,4,10H2,1-3H3. The van der Waals surface area contributed by atoms with E-state index in [4.69, 9.17) is 0 Å². The van der Waals surface area contributed by atoms with Crippen LogP contribution >= 0.6 is 0 Å². The minimum absolute atomic E-state index is 0.0554. The molecule has 4 nitrogen and oxygen atoms in total. The van der Waals surface area contributed by atoms with Gasteiger partial charge in [0.1, 0.15) is 11.5 Å². The fourth-order valence-electron chi connectivity index (χ4n) is 2.98. The summed E-state index contributed by atoms with van der Waals surface area (Å²) in [6.45, 7) is 6.33. The van der Waals surface area contributed by atoms with Crippen molar-refractivity contribution >= 4 is 0 Å². The van der Waals surface area contributed by atoms with Gasteiger partial charge in [-0.2, -0.15) is 5.10 Å². The Morgan fingerprint density at radius 3 is 2.60 bits per heavy atom. The van der Waals surface area contributed by atoms with Gasteiger partial charge in [0.15, 0.2) is 0 Å². The van der Waals surface area contributed by atoms with E-state index >= 15 is 0 Å². The van der Waals surface area contributed by atoms with Crippen molar-refractivity contribution in [2.45, 2.75) is 33.6 Å². The molecule has 3 rings (SSSR count). The molecule has 0 aliphatic rings. The first-order chi connectivity index (χ1) is 12.0. The van der Waals surface area contributed by atoms with Crippen molar-refractivity contribution in [1.29, 1.82) is 0 Å². The maximum atomic E-state index is 10.4. The fraction of sp³-hybridized carbons (Fsp3) is 0.286. The van der Waals surface area contributed by atoms with E-state index in [1.165, 1.54) is 6.07 Å². The van der Waals surface area contributed by atoms with Crippen LogP contribution < -0.4 is 0 Å². The number of aromatic nitrogens is 2. The van der Waals surface area contributed by atoms with Crippen LogP contribution in [0.1, 0.15) is 31.4 Å². The number of benzene rings is 2. The third kappa shape index (κ3) is 3.53. The monoisotopic (exact) mass is 336 g/mol. The largest absolute Gasteiger partial charge is 0.508 e. The van der Waals surface area contributed by atoms with Gasteiger partial charge in [0, 0.05) is 11.6 Å². The second kappa shape index (κ2) is 7.01. The number of phenolic OH excluding ortho intramolecular Hbond substituents is 2. The van der Waals surface area contributed by atoms with Crippen LogP contribution in [0.15, 0.2) is 48.7 Å². The van der Waals surface area contributed by atoms with Gasteiger partial charge < -0.3 is 10.2 Å². The zero-order valence-electron chi connectivity index (χ0n) is 14.9. The van der Waals surface area contributed by atoms with E-state index in [-0.39, 0.29) is 11.5 Å². The molecule has 0 amide bonds. The van der Waals surface area contributed by atoms with E-state index in [9.17, 15) is 10.2 Å². The van der Waals surface area contributed by atoms with Crippen molar-refractivity contribution in [2.24, 2.45) is 5.92 Å². The molecule has 0 fully saturated rings. The summed E-state index contributed by atoms with van der Waals surface area (Å²) < 4.78 is 1.81. The second-order valence-corrected chi connectivity index (χ2v) is 6.68. The summed E-state index contributed by atoms with van der Waals surface area (Å²) in [6, 6.07) is 13.2. The lowest BCUT2D eigenvalue weighted by Crippen LogP contribution is -2.01. The predicted octanol–water partition coefficient (Wildman–Crippen LogP) is 4.85. The molecule has 25 heavy (non-hydrogen) atoms. The molecule has 2 N–H and O–H groups in total. The predicted molar refractivity (Wildman–Crippen MR) is 100 cm³/mol. The maximum Gasteiger partial charge on any atom is 0.128 e. The van der Waals surface area contributed by atoms with Crippen LogP contribution in [0.25, 0.3) is 16.9 Å². The molecule has 1 unspecified atom stereocenters. The highest BCUT2D eigenvalue weighted by Gasteiger charge is 2.16. The molecule has 0 aliphatic carbocycles. The zero-order chi connectivity index (χ0) is 18.0. The third-order valence-corrected chi connectivity index (χ3v) is 4.63. The van der Waals surface area contributed by atoms with E-state index < -0.39 is 0 Å². The van der Waals surface area contributed by atoms with Crippen LogP contribution in [0, 0.1) is 12.8 Å². The number of hydrogen-bond donors (Lipinski definition) is 2. The Morgan fingerprint density at radius 1 is 1.08 bits per heavy atom. The first-order valence-electron chi connectivity index (χ1n) is 8.66. The van der Waals surface area contributed by atoms with Crippen LogP contribution in [0.4, 0.5) is 0 Å². The summed E-state index contributed by atoms with van der Waals surface area (Å²) in [5, 5.41) is 25.0. The zero-order valence-corrected chi connectivity index (χ0v) is 14.9. The lowest BCUT2D eigenvalue weighted by atomic mass is 9.95. The fourth-order valence-corrected chi connectivity index (χ4v) is 2.98. The molecule has 0 spiro atoms. The Bertz CT molecular complexity index is 883. The summed E-state index contributed by atoms with van der Waals surface area (Å²) >= 11 is 0. The number of nitrogens with zero attached hydrogens (tertiary/aromatic N) is 2. The molecule has 0 saturated heterocycles. The number of aromatic hydroxyl groups is 2. The SMILES string of the molecule is CCC(C)Cc1cc(-c2ccnn2-c2cccc(C)c2)c(O)cc1O. The van der Waals surface area contributed by atoms with Gasteiger partial charge in [-0.25, -0.2) is 4.68 Å². The van der Waals surface area contributed by atoms with Gasteiger partial charge in [-0.05, 0) is 54.7 Å². The molecular formula is C21H24N2O2. The van der Waals surface area contributed by atoms with Crippen LogP contribution in [0.3, 0.4) is 0 Å². The minimum Gasteiger partial charge on any atom is -0.508 e. The van der Waals surface area contributed by atoms with Crippen LogP contribution in [-0.4, -0.2) is 20.0 Å².